The van der Waals surface area contributed by atoms with Crippen LogP contribution in [-0.4, -0.2) is 31.1 Å². The van der Waals surface area contributed by atoms with Crippen molar-refractivity contribution in [2.24, 2.45) is 7.05 Å². The molecule has 0 aliphatic heterocycles. The van der Waals surface area contributed by atoms with E-state index in [1.54, 1.807) is 4.68 Å². The molecule has 2 heterocycles. The number of aryl methyl sites for hydroxylation is 1. The highest BCUT2D eigenvalue weighted by Crippen LogP contribution is 2.33. The van der Waals surface area contributed by atoms with E-state index < -0.39 is 0 Å². The Morgan fingerprint density at radius 2 is 2.11 bits per heavy atom. The van der Waals surface area contributed by atoms with Crippen molar-refractivity contribution in [3.05, 3.63) is 20.9 Å². The molecule has 104 valence electrons. The molecule has 2 aromatic rings. The van der Waals surface area contributed by atoms with Gasteiger partial charge in [-0.2, -0.15) is 0 Å². The predicted octanol–water partition coefficient (Wildman–Crippen LogP) is 2.25. The molecule has 0 aromatic carbocycles. The Morgan fingerprint density at radius 3 is 2.63 bits per heavy atom. The SMILES string of the molecule is CCNC(c1snnc1C(C)C)c1c(Br)nnn1C. The van der Waals surface area contributed by atoms with E-state index in [9.17, 15) is 0 Å². The van der Waals surface area contributed by atoms with E-state index in [2.05, 4.69) is 61.9 Å². The summed E-state index contributed by atoms with van der Waals surface area (Å²) in [5.74, 6) is 0.342. The quantitative estimate of drug-likeness (QED) is 0.900. The van der Waals surface area contributed by atoms with Crippen LogP contribution in [0.5, 0.6) is 0 Å². The van der Waals surface area contributed by atoms with Crippen LogP contribution in [0.2, 0.25) is 0 Å². The molecule has 0 fully saturated rings. The Labute approximate surface area is 124 Å². The fraction of sp³-hybridized carbons (Fsp3) is 0.636. The first-order valence-corrected chi connectivity index (χ1v) is 7.73. The summed E-state index contributed by atoms with van der Waals surface area (Å²) in [5, 5.41) is 15.8. The normalized spacial score (nSPS) is 13.2. The van der Waals surface area contributed by atoms with Crippen molar-refractivity contribution >= 4 is 27.5 Å². The average Bonchev–Trinajstić information content (AvgIpc) is 2.95. The standard InChI is InChI=1S/C11H17BrN6S/c1-5-13-8(9-11(12)15-16-18(9)4)10-7(6(2)3)14-17-19-10/h6,8,13H,5H2,1-4H3. The fourth-order valence-electron chi connectivity index (χ4n) is 1.97. The monoisotopic (exact) mass is 344 g/mol. The van der Waals surface area contributed by atoms with Gasteiger partial charge >= 0.3 is 0 Å². The van der Waals surface area contributed by atoms with Gasteiger partial charge in [-0.15, -0.1) is 10.2 Å². The lowest BCUT2D eigenvalue weighted by molar-refractivity contribution is 0.566. The van der Waals surface area contributed by atoms with Gasteiger partial charge in [-0.25, -0.2) is 4.68 Å². The molecule has 6 nitrogen and oxygen atoms in total. The Balaban J connectivity index is 2.49. The second-order valence-electron chi connectivity index (χ2n) is 4.56. The van der Waals surface area contributed by atoms with Gasteiger partial charge in [-0.1, -0.05) is 30.5 Å². The third-order valence-electron chi connectivity index (χ3n) is 2.86. The van der Waals surface area contributed by atoms with Crippen LogP contribution in [0.15, 0.2) is 4.60 Å². The third kappa shape index (κ3) is 2.85. The molecule has 1 atom stereocenters. The lowest BCUT2D eigenvalue weighted by Crippen LogP contribution is -2.25. The summed E-state index contributed by atoms with van der Waals surface area (Å²) in [5.41, 5.74) is 2.03. The lowest BCUT2D eigenvalue weighted by atomic mass is 10.0. The highest BCUT2D eigenvalue weighted by molar-refractivity contribution is 9.10. The van der Waals surface area contributed by atoms with Gasteiger partial charge in [0.25, 0.3) is 0 Å². The smallest absolute Gasteiger partial charge is 0.153 e. The van der Waals surface area contributed by atoms with Gasteiger partial charge < -0.3 is 5.32 Å². The Bertz CT molecular complexity index is 530. The first-order chi connectivity index (χ1) is 9.06. The predicted molar refractivity (Wildman–Crippen MR) is 78.2 cm³/mol. The fourth-order valence-corrected chi connectivity index (χ4v) is 3.41. The van der Waals surface area contributed by atoms with E-state index in [0.717, 1.165) is 27.4 Å². The third-order valence-corrected chi connectivity index (χ3v) is 4.23. The molecular formula is C11H17BrN6S. The Hall–Kier alpha value is -0.860. The molecule has 2 aromatic heterocycles. The van der Waals surface area contributed by atoms with Gasteiger partial charge in [0.1, 0.15) is 0 Å². The maximum absolute atomic E-state index is 4.25. The maximum atomic E-state index is 4.25. The van der Waals surface area contributed by atoms with Gasteiger partial charge in [-0.3, -0.25) is 0 Å². The molecule has 8 heteroatoms. The van der Waals surface area contributed by atoms with Crippen molar-refractivity contribution in [2.45, 2.75) is 32.7 Å². The molecule has 0 saturated heterocycles. The summed E-state index contributed by atoms with van der Waals surface area (Å²) < 4.78 is 6.63. The molecule has 1 N–H and O–H groups in total. The van der Waals surface area contributed by atoms with Gasteiger partial charge in [-0.05, 0) is 39.9 Å². The molecule has 0 aliphatic carbocycles. The summed E-state index contributed by atoms with van der Waals surface area (Å²) >= 11 is 4.89. The van der Waals surface area contributed by atoms with E-state index in [4.69, 9.17) is 0 Å². The summed E-state index contributed by atoms with van der Waals surface area (Å²) in [6, 6.07) is 0.0109. The van der Waals surface area contributed by atoms with Crippen molar-refractivity contribution in [1.29, 1.82) is 0 Å². The molecule has 19 heavy (non-hydrogen) atoms. The molecule has 0 aliphatic rings. The van der Waals surface area contributed by atoms with Crippen molar-refractivity contribution < 1.29 is 0 Å². The molecule has 0 radical (unpaired) electrons. The zero-order valence-electron chi connectivity index (χ0n) is 11.4. The summed E-state index contributed by atoms with van der Waals surface area (Å²) in [6.45, 7) is 7.17. The van der Waals surface area contributed by atoms with Gasteiger partial charge in [0.15, 0.2) is 4.60 Å². The van der Waals surface area contributed by atoms with E-state index in [1.807, 2.05) is 7.05 Å². The van der Waals surface area contributed by atoms with Crippen LogP contribution >= 0.6 is 27.5 Å². The van der Waals surface area contributed by atoms with Crippen LogP contribution in [0.3, 0.4) is 0 Å². The molecule has 2 rings (SSSR count). The van der Waals surface area contributed by atoms with E-state index in [-0.39, 0.29) is 6.04 Å². The number of hydrogen-bond acceptors (Lipinski definition) is 6. The van der Waals surface area contributed by atoms with E-state index in [1.165, 1.54) is 11.5 Å². The van der Waals surface area contributed by atoms with Crippen molar-refractivity contribution in [2.75, 3.05) is 6.54 Å². The average molecular weight is 345 g/mol. The van der Waals surface area contributed by atoms with Gasteiger partial charge in [0.2, 0.25) is 0 Å². The second kappa shape index (κ2) is 6.06. The largest absolute Gasteiger partial charge is 0.304 e. The van der Waals surface area contributed by atoms with Crippen molar-refractivity contribution in [1.82, 2.24) is 29.9 Å². The first kappa shape index (κ1) is 14.5. The maximum Gasteiger partial charge on any atom is 0.153 e. The number of hydrogen-bond donors (Lipinski definition) is 1. The number of nitrogens with one attached hydrogen (secondary N) is 1. The van der Waals surface area contributed by atoms with E-state index >= 15 is 0 Å². The van der Waals surface area contributed by atoms with Crippen LogP contribution in [-0.2, 0) is 7.05 Å². The molecule has 0 saturated carbocycles. The summed E-state index contributed by atoms with van der Waals surface area (Å²) in [6.07, 6.45) is 0. The van der Waals surface area contributed by atoms with Crippen LogP contribution < -0.4 is 5.32 Å². The zero-order chi connectivity index (χ0) is 14.0. The minimum absolute atomic E-state index is 0.0109. The molecule has 0 amide bonds. The molecule has 0 spiro atoms. The number of aromatic nitrogens is 5. The molecular weight excluding hydrogens is 328 g/mol. The highest BCUT2D eigenvalue weighted by Gasteiger charge is 2.27. The lowest BCUT2D eigenvalue weighted by Gasteiger charge is -2.18. The van der Waals surface area contributed by atoms with Gasteiger partial charge in [0.05, 0.1) is 22.3 Å². The van der Waals surface area contributed by atoms with Crippen LogP contribution in [0.1, 0.15) is 49.0 Å². The van der Waals surface area contributed by atoms with Crippen LogP contribution in [0, 0.1) is 0 Å². The Morgan fingerprint density at radius 1 is 1.37 bits per heavy atom. The number of nitrogens with zero attached hydrogens (tertiary/aromatic N) is 5. The highest BCUT2D eigenvalue weighted by atomic mass is 79.9. The van der Waals surface area contributed by atoms with E-state index in [0.29, 0.717) is 5.92 Å². The molecule has 1 unspecified atom stereocenters. The number of rotatable bonds is 5. The van der Waals surface area contributed by atoms with Crippen molar-refractivity contribution in [3.8, 4) is 0 Å². The topological polar surface area (TPSA) is 68.5 Å². The zero-order valence-corrected chi connectivity index (χ0v) is 13.8. The number of halogens is 1. The van der Waals surface area contributed by atoms with Crippen LogP contribution in [0.25, 0.3) is 0 Å². The molecule has 0 bridgehead atoms. The second-order valence-corrected chi connectivity index (χ2v) is 6.09. The van der Waals surface area contributed by atoms with Crippen LogP contribution in [0.4, 0.5) is 0 Å². The minimum Gasteiger partial charge on any atom is -0.304 e. The first-order valence-electron chi connectivity index (χ1n) is 6.16. The minimum atomic E-state index is 0.0109. The van der Waals surface area contributed by atoms with Crippen molar-refractivity contribution in [3.63, 3.8) is 0 Å². The Kier molecular flexibility index (Phi) is 4.64. The summed E-state index contributed by atoms with van der Waals surface area (Å²) in [7, 11) is 1.89. The summed E-state index contributed by atoms with van der Waals surface area (Å²) in [4.78, 5) is 1.13. The van der Waals surface area contributed by atoms with Gasteiger partial charge in [0, 0.05) is 7.05 Å².